The molecule has 0 bridgehead atoms. The minimum Gasteiger partial charge on any atom is -0.323 e. The molecule has 4 heteroatoms. The Kier molecular flexibility index (Phi) is 3.60. The first kappa shape index (κ1) is 13.5. The predicted molar refractivity (Wildman–Crippen MR) is 88.6 cm³/mol. The van der Waals surface area contributed by atoms with Gasteiger partial charge in [-0.05, 0) is 50.2 Å². The van der Waals surface area contributed by atoms with Crippen LogP contribution in [0.15, 0.2) is 48.8 Å². The average Bonchev–Trinajstić information content (AvgIpc) is 3.21. The predicted octanol–water partition coefficient (Wildman–Crippen LogP) is 3.19. The lowest BCUT2D eigenvalue weighted by molar-refractivity contribution is 0.325. The van der Waals surface area contributed by atoms with E-state index >= 15 is 0 Å². The number of hydrogen-bond donors (Lipinski definition) is 0. The number of imidazole rings is 1. The largest absolute Gasteiger partial charge is 0.323 e. The smallest absolute Gasteiger partial charge is 0.142 e. The highest BCUT2D eigenvalue weighted by atomic mass is 15.2. The third kappa shape index (κ3) is 2.50. The van der Waals surface area contributed by atoms with Crippen LogP contribution in [-0.2, 0) is 6.54 Å². The van der Waals surface area contributed by atoms with Gasteiger partial charge in [0.05, 0.1) is 11.0 Å². The van der Waals surface area contributed by atoms with Gasteiger partial charge in [0.15, 0.2) is 0 Å². The van der Waals surface area contributed by atoms with E-state index in [0.717, 1.165) is 30.0 Å². The first-order chi connectivity index (χ1) is 10.9. The molecule has 112 valence electrons. The van der Waals surface area contributed by atoms with Crippen molar-refractivity contribution >= 4 is 11.0 Å². The maximum absolute atomic E-state index is 4.83. The van der Waals surface area contributed by atoms with E-state index in [2.05, 4.69) is 38.7 Å². The molecule has 0 aliphatic carbocycles. The normalized spacial score (nSPS) is 15.6. The van der Waals surface area contributed by atoms with Crippen molar-refractivity contribution in [3.05, 3.63) is 48.8 Å². The molecule has 0 unspecified atom stereocenters. The number of nitrogens with zero attached hydrogens (tertiary/aromatic N) is 4. The zero-order valence-corrected chi connectivity index (χ0v) is 12.7. The van der Waals surface area contributed by atoms with Gasteiger partial charge in [-0.3, -0.25) is 4.98 Å². The second-order valence-corrected chi connectivity index (χ2v) is 5.87. The standard InChI is InChI=1S/C18H20N4/c1-2-8-17-16(7-1)20-18(15-6-5-9-19-14-15)22(17)13-12-21-10-3-4-11-21/h1-2,5-9,14H,3-4,10-13H2. The fraction of sp³-hybridized carbons (Fsp3) is 0.333. The molecule has 1 saturated heterocycles. The van der Waals surface area contributed by atoms with Gasteiger partial charge in [-0.2, -0.15) is 0 Å². The van der Waals surface area contributed by atoms with E-state index in [-0.39, 0.29) is 0 Å². The Labute approximate surface area is 130 Å². The van der Waals surface area contributed by atoms with Crippen LogP contribution in [0.2, 0.25) is 0 Å². The van der Waals surface area contributed by atoms with Crippen molar-refractivity contribution in [3.8, 4) is 11.4 Å². The highest BCUT2D eigenvalue weighted by molar-refractivity contribution is 5.80. The number of benzene rings is 1. The van der Waals surface area contributed by atoms with Crippen LogP contribution in [0.3, 0.4) is 0 Å². The summed E-state index contributed by atoms with van der Waals surface area (Å²) < 4.78 is 2.34. The van der Waals surface area contributed by atoms with Gasteiger partial charge in [-0.15, -0.1) is 0 Å². The number of pyridine rings is 1. The highest BCUT2D eigenvalue weighted by Crippen LogP contribution is 2.24. The van der Waals surface area contributed by atoms with Gasteiger partial charge in [-0.1, -0.05) is 12.1 Å². The van der Waals surface area contributed by atoms with Crippen molar-refractivity contribution < 1.29 is 0 Å². The Hall–Kier alpha value is -2.20. The molecule has 2 aromatic heterocycles. The molecule has 4 rings (SSSR count). The fourth-order valence-corrected chi connectivity index (χ4v) is 3.26. The minimum absolute atomic E-state index is 0.977. The fourth-order valence-electron chi connectivity index (χ4n) is 3.26. The molecule has 22 heavy (non-hydrogen) atoms. The molecule has 1 aromatic carbocycles. The molecule has 0 amide bonds. The van der Waals surface area contributed by atoms with E-state index in [1.807, 2.05) is 18.3 Å². The number of likely N-dealkylation sites (tertiary alicyclic amines) is 1. The van der Waals surface area contributed by atoms with Crippen LogP contribution >= 0.6 is 0 Å². The molecule has 3 heterocycles. The number of fused-ring (bicyclic) bond motifs is 1. The molecule has 0 atom stereocenters. The van der Waals surface area contributed by atoms with Crippen molar-refractivity contribution in [1.82, 2.24) is 19.4 Å². The summed E-state index contributed by atoms with van der Waals surface area (Å²) in [5.41, 5.74) is 3.35. The van der Waals surface area contributed by atoms with Gasteiger partial charge in [-0.25, -0.2) is 4.98 Å². The van der Waals surface area contributed by atoms with Gasteiger partial charge < -0.3 is 9.47 Å². The van der Waals surface area contributed by atoms with E-state index in [0.29, 0.717) is 0 Å². The Morgan fingerprint density at radius 3 is 2.64 bits per heavy atom. The highest BCUT2D eigenvalue weighted by Gasteiger charge is 2.15. The molecule has 0 saturated carbocycles. The molecule has 1 aliphatic heterocycles. The van der Waals surface area contributed by atoms with Crippen molar-refractivity contribution in [2.24, 2.45) is 0 Å². The van der Waals surface area contributed by atoms with E-state index in [4.69, 9.17) is 4.98 Å². The molecule has 3 aromatic rings. The third-order valence-electron chi connectivity index (χ3n) is 4.41. The zero-order chi connectivity index (χ0) is 14.8. The van der Waals surface area contributed by atoms with Crippen molar-refractivity contribution in [2.75, 3.05) is 19.6 Å². The Balaban J connectivity index is 1.73. The van der Waals surface area contributed by atoms with Crippen LogP contribution in [0.4, 0.5) is 0 Å². The maximum atomic E-state index is 4.83. The van der Waals surface area contributed by atoms with Crippen LogP contribution in [0.1, 0.15) is 12.8 Å². The van der Waals surface area contributed by atoms with Crippen LogP contribution in [0.25, 0.3) is 22.4 Å². The Morgan fingerprint density at radius 2 is 1.82 bits per heavy atom. The zero-order valence-electron chi connectivity index (χ0n) is 12.7. The second-order valence-electron chi connectivity index (χ2n) is 5.87. The number of aromatic nitrogens is 3. The quantitative estimate of drug-likeness (QED) is 0.740. The Morgan fingerprint density at radius 1 is 0.955 bits per heavy atom. The number of rotatable bonds is 4. The summed E-state index contributed by atoms with van der Waals surface area (Å²) in [6.45, 7) is 4.53. The molecule has 1 fully saturated rings. The van der Waals surface area contributed by atoms with Crippen molar-refractivity contribution in [2.45, 2.75) is 19.4 Å². The summed E-state index contributed by atoms with van der Waals surface area (Å²) in [4.78, 5) is 11.6. The van der Waals surface area contributed by atoms with Gasteiger partial charge in [0.25, 0.3) is 0 Å². The number of para-hydroxylation sites is 2. The summed E-state index contributed by atoms with van der Waals surface area (Å²) in [5, 5.41) is 0. The van der Waals surface area contributed by atoms with Crippen LogP contribution in [0, 0.1) is 0 Å². The lowest BCUT2D eigenvalue weighted by Crippen LogP contribution is -2.24. The monoisotopic (exact) mass is 292 g/mol. The lowest BCUT2D eigenvalue weighted by Gasteiger charge is -2.16. The summed E-state index contributed by atoms with van der Waals surface area (Å²) in [6.07, 6.45) is 6.37. The molecule has 0 spiro atoms. The van der Waals surface area contributed by atoms with E-state index < -0.39 is 0 Å². The van der Waals surface area contributed by atoms with Crippen molar-refractivity contribution in [3.63, 3.8) is 0 Å². The number of hydrogen-bond acceptors (Lipinski definition) is 3. The first-order valence-corrected chi connectivity index (χ1v) is 8.00. The topological polar surface area (TPSA) is 34.0 Å². The summed E-state index contributed by atoms with van der Waals surface area (Å²) >= 11 is 0. The maximum Gasteiger partial charge on any atom is 0.142 e. The van der Waals surface area contributed by atoms with E-state index in [9.17, 15) is 0 Å². The SMILES string of the molecule is c1cncc(-c2nc3ccccc3n2CCN2CCCC2)c1. The first-order valence-electron chi connectivity index (χ1n) is 8.00. The minimum atomic E-state index is 0.977. The van der Waals surface area contributed by atoms with Gasteiger partial charge in [0, 0.05) is 31.0 Å². The summed E-state index contributed by atoms with van der Waals surface area (Å²) in [7, 11) is 0. The molecule has 0 N–H and O–H groups in total. The van der Waals surface area contributed by atoms with Crippen LogP contribution < -0.4 is 0 Å². The molecule has 4 nitrogen and oxygen atoms in total. The molecule has 0 radical (unpaired) electrons. The lowest BCUT2D eigenvalue weighted by atomic mass is 10.2. The molecular formula is C18H20N4. The Bertz CT molecular complexity index is 757. The molecule has 1 aliphatic rings. The third-order valence-corrected chi connectivity index (χ3v) is 4.41. The summed E-state index contributed by atoms with van der Waals surface area (Å²) in [6, 6.07) is 12.4. The van der Waals surface area contributed by atoms with E-state index in [1.165, 1.54) is 31.4 Å². The van der Waals surface area contributed by atoms with E-state index in [1.54, 1.807) is 6.20 Å². The van der Waals surface area contributed by atoms with Crippen LogP contribution in [0.5, 0.6) is 0 Å². The van der Waals surface area contributed by atoms with Gasteiger partial charge >= 0.3 is 0 Å². The van der Waals surface area contributed by atoms with Crippen LogP contribution in [-0.4, -0.2) is 39.1 Å². The van der Waals surface area contributed by atoms with Gasteiger partial charge in [0.2, 0.25) is 0 Å². The van der Waals surface area contributed by atoms with Gasteiger partial charge in [0.1, 0.15) is 5.82 Å². The molecular weight excluding hydrogens is 272 g/mol. The van der Waals surface area contributed by atoms with Crippen molar-refractivity contribution in [1.29, 1.82) is 0 Å². The average molecular weight is 292 g/mol. The summed E-state index contributed by atoms with van der Waals surface area (Å²) in [5.74, 6) is 1.02. The second kappa shape index (κ2) is 5.89.